The molecule has 0 aliphatic carbocycles. The van der Waals surface area contributed by atoms with E-state index in [1.54, 1.807) is 0 Å². The van der Waals surface area contributed by atoms with Crippen molar-refractivity contribution in [3.8, 4) is 0 Å². The molecule has 8 heteroatoms. The predicted molar refractivity (Wildman–Crippen MR) is 111 cm³/mol. The van der Waals surface area contributed by atoms with E-state index in [1.165, 1.54) is 6.07 Å². The van der Waals surface area contributed by atoms with Crippen molar-refractivity contribution in [3.05, 3.63) is 35.4 Å². The second kappa shape index (κ2) is 12.4. The quantitative estimate of drug-likeness (QED) is 0.356. The van der Waals surface area contributed by atoms with Crippen LogP contribution >= 0.6 is 24.0 Å². The number of nitrogens with one attached hydrogen (secondary N) is 2. The maximum Gasteiger partial charge on any atom is 0.191 e. The number of aliphatic imine (C=N–C) groups is 1. The number of benzene rings is 1. The fraction of sp³-hybridized carbons (Fsp3) is 0.611. The lowest BCUT2D eigenvalue weighted by atomic mass is 10.1. The summed E-state index contributed by atoms with van der Waals surface area (Å²) in [5, 5.41) is 6.36. The zero-order valence-corrected chi connectivity index (χ0v) is 17.8. The number of morpholine rings is 1. The van der Waals surface area contributed by atoms with Gasteiger partial charge in [0, 0.05) is 32.2 Å². The highest BCUT2D eigenvalue weighted by atomic mass is 127. The average molecular weight is 482 g/mol. The number of hydrogen-bond acceptors (Lipinski definition) is 3. The monoisotopic (exact) mass is 482 g/mol. The molecule has 0 bridgehead atoms. The minimum Gasteiger partial charge on any atom is -0.379 e. The molecule has 148 valence electrons. The van der Waals surface area contributed by atoms with E-state index in [2.05, 4.69) is 27.4 Å². The van der Waals surface area contributed by atoms with E-state index in [0.29, 0.717) is 37.1 Å². The number of hydrogen-bond donors (Lipinski definition) is 2. The number of nitrogens with zero attached hydrogens (tertiary/aromatic N) is 2. The third-order valence-corrected chi connectivity index (χ3v) is 4.22. The summed E-state index contributed by atoms with van der Waals surface area (Å²) in [5.41, 5.74) is 0.366. The summed E-state index contributed by atoms with van der Waals surface area (Å²) < 4.78 is 32.2. The Balaban J connectivity index is 0.00000338. The molecule has 0 amide bonds. The molecule has 5 nitrogen and oxygen atoms in total. The van der Waals surface area contributed by atoms with Gasteiger partial charge in [0.15, 0.2) is 5.96 Å². The molecule has 1 aromatic rings. The van der Waals surface area contributed by atoms with Crippen molar-refractivity contribution in [3.63, 3.8) is 0 Å². The molecular formula is C18H29F2IN4O. The Hall–Kier alpha value is -1.00. The van der Waals surface area contributed by atoms with Gasteiger partial charge in [0.1, 0.15) is 11.6 Å². The molecule has 0 radical (unpaired) electrons. The Labute approximate surface area is 171 Å². The van der Waals surface area contributed by atoms with Crippen molar-refractivity contribution in [1.29, 1.82) is 0 Å². The van der Waals surface area contributed by atoms with Crippen molar-refractivity contribution in [2.24, 2.45) is 4.99 Å². The molecule has 0 spiro atoms. The van der Waals surface area contributed by atoms with Gasteiger partial charge >= 0.3 is 0 Å². The van der Waals surface area contributed by atoms with Gasteiger partial charge in [0.05, 0.1) is 19.8 Å². The second-order valence-corrected chi connectivity index (χ2v) is 6.13. The summed E-state index contributed by atoms with van der Waals surface area (Å²) in [6, 6.07) is 3.86. The van der Waals surface area contributed by atoms with E-state index >= 15 is 0 Å². The Bertz CT molecular complexity index is 568. The number of halogens is 3. The highest BCUT2D eigenvalue weighted by Gasteiger charge is 2.16. The van der Waals surface area contributed by atoms with Crippen LogP contribution < -0.4 is 10.6 Å². The average Bonchev–Trinajstić information content (AvgIpc) is 2.63. The van der Waals surface area contributed by atoms with Gasteiger partial charge in [-0.3, -0.25) is 9.89 Å². The van der Waals surface area contributed by atoms with Crippen molar-refractivity contribution in [1.82, 2.24) is 15.5 Å². The van der Waals surface area contributed by atoms with Gasteiger partial charge in [-0.25, -0.2) is 8.78 Å². The molecule has 0 aromatic heterocycles. The van der Waals surface area contributed by atoms with Crippen LogP contribution in [0.25, 0.3) is 0 Å². The predicted octanol–water partition coefficient (Wildman–Crippen LogP) is 2.40. The van der Waals surface area contributed by atoms with Crippen LogP contribution in [0.3, 0.4) is 0 Å². The molecule has 1 unspecified atom stereocenters. The second-order valence-electron chi connectivity index (χ2n) is 6.13. The first-order valence-electron chi connectivity index (χ1n) is 8.88. The molecular weight excluding hydrogens is 453 g/mol. The number of rotatable bonds is 7. The summed E-state index contributed by atoms with van der Waals surface area (Å²) in [7, 11) is 0. The van der Waals surface area contributed by atoms with Crippen LogP contribution in [0.15, 0.2) is 23.2 Å². The smallest absolute Gasteiger partial charge is 0.191 e. The van der Waals surface area contributed by atoms with Gasteiger partial charge in [-0.15, -0.1) is 24.0 Å². The first-order chi connectivity index (χ1) is 12.1. The van der Waals surface area contributed by atoms with Crippen LogP contribution in [-0.4, -0.2) is 62.8 Å². The molecule has 26 heavy (non-hydrogen) atoms. The minimum absolute atomic E-state index is 0. The summed E-state index contributed by atoms with van der Waals surface area (Å²) in [4.78, 5) is 6.96. The fourth-order valence-corrected chi connectivity index (χ4v) is 2.75. The van der Waals surface area contributed by atoms with Crippen LogP contribution in [0, 0.1) is 11.6 Å². The summed E-state index contributed by atoms with van der Waals surface area (Å²) >= 11 is 0. The molecule has 1 aliphatic heterocycles. The topological polar surface area (TPSA) is 48.9 Å². The van der Waals surface area contributed by atoms with Gasteiger partial charge in [0.2, 0.25) is 0 Å². The molecule has 0 saturated carbocycles. The van der Waals surface area contributed by atoms with Crippen LogP contribution in [0.5, 0.6) is 0 Å². The Morgan fingerprint density at radius 2 is 2.00 bits per heavy atom. The van der Waals surface area contributed by atoms with E-state index in [-0.39, 0.29) is 29.8 Å². The summed E-state index contributed by atoms with van der Waals surface area (Å²) in [6.07, 6.45) is 0.396. The lowest BCUT2D eigenvalue weighted by molar-refractivity contribution is 0.0220. The summed E-state index contributed by atoms with van der Waals surface area (Å²) in [5.74, 6) is -0.109. The highest BCUT2D eigenvalue weighted by Crippen LogP contribution is 2.09. The number of ether oxygens (including phenoxy) is 1. The molecule has 1 heterocycles. The Morgan fingerprint density at radius 1 is 1.27 bits per heavy atom. The van der Waals surface area contributed by atoms with Gasteiger partial charge < -0.3 is 15.4 Å². The third-order valence-electron chi connectivity index (χ3n) is 4.22. The third kappa shape index (κ3) is 7.71. The highest BCUT2D eigenvalue weighted by molar-refractivity contribution is 14.0. The SMILES string of the molecule is CCNC(=NCC(C)N1CCOCC1)NCCc1cc(F)ccc1F.I. The number of guanidine groups is 1. The standard InChI is InChI=1S/C18H28F2N4O.HI/c1-3-21-18(23-13-14(2)24-8-10-25-11-9-24)22-7-6-15-12-16(19)4-5-17(15)20;/h4-5,12,14H,3,6-11,13H2,1-2H3,(H2,21,22,23);1H. The normalized spacial score (nSPS) is 16.7. The van der Waals surface area contributed by atoms with Gasteiger partial charge in [-0.1, -0.05) is 0 Å². The molecule has 1 aliphatic rings. The van der Waals surface area contributed by atoms with Crippen LogP contribution in [0.2, 0.25) is 0 Å². The van der Waals surface area contributed by atoms with Crippen molar-refractivity contribution in [2.75, 3.05) is 45.9 Å². The van der Waals surface area contributed by atoms with E-state index < -0.39 is 5.82 Å². The van der Waals surface area contributed by atoms with E-state index in [1.807, 2.05) is 6.92 Å². The van der Waals surface area contributed by atoms with Crippen molar-refractivity contribution < 1.29 is 13.5 Å². The molecule has 1 aromatic carbocycles. The maximum absolute atomic E-state index is 13.6. The molecule has 2 N–H and O–H groups in total. The lowest BCUT2D eigenvalue weighted by Crippen LogP contribution is -2.44. The van der Waals surface area contributed by atoms with Crippen LogP contribution in [-0.2, 0) is 11.2 Å². The lowest BCUT2D eigenvalue weighted by Gasteiger charge is -2.31. The molecule has 1 atom stereocenters. The Kier molecular flexibility index (Phi) is 11.0. The zero-order chi connectivity index (χ0) is 18.1. The van der Waals surface area contributed by atoms with E-state index in [9.17, 15) is 8.78 Å². The van der Waals surface area contributed by atoms with Gasteiger partial charge in [0.25, 0.3) is 0 Å². The van der Waals surface area contributed by atoms with Crippen LogP contribution in [0.1, 0.15) is 19.4 Å². The van der Waals surface area contributed by atoms with Gasteiger partial charge in [-0.05, 0) is 44.0 Å². The molecule has 2 rings (SSSR count). The largest absolute Gasteiger partial charge is 0.379 e. The first kappa shape index (κ1) is 23.0. The van der Waals surface area contributed by atoms with E-state index in [4.69, 9.17) is 4.74 Å². The van der Waals surface area contributed by atoms with Crippen LogP contribution in [0.4, 0.5) is 8.78 Å². The summed E-state index contributed by atoms with van der Waals surface area (Å²) in [6.45, 7) is 9.44. The fourth-order valence-electron chi connectivity index (χ4n) is 2.75. The maximum atomic E-state index is 13.6. The van der Waals surface area contributed by atoms with Gasteiger partial charge in [-0.2, -0.15) is 0 Å². The van der Waals surface area contributed by atoms with Crippen molar-refractivity contribution in [2.45, 2.75) is 26.3 Å². The zero-order valence-electron chi connectivity index (χ0n) is 15.4. The molecule has 1 fully saturated rings. The first-order valence-corrected chi connectivity index (χ1v) is 8.88. The molecule has 1 saturated heterocycles. The van der Waals surface area contributed by atoms with E-state index in [0.717, 1.165) is 45.0 Å². The Morgan fingerprint density at radius 3 is 2.69 bits per heavy atom. The van der Waals surface area contributed by atoms with Crippen molar-refractivity contribution >= 4 is 29.9 Å². The minimum atomic E-state index is -0.420.